The number of benzene rings is 1. The molecule has 9 nitrogen and oxygen atoms in total. The van der Waals surface area contributed by atoms with Crippen LogP contribution in [0.1, 0.15) is 11.4 Å². The van der Waals surface area contributed by atoms with E-state index in [0.29, 0.717) is 22.9 Å². The van der Waals surface area contributed by atoms with Gasteiger partial charge in [-0.15, -0.1) is 0 Å². The number of rotatable bonds is 3. The molecule has 0 saturated carbocycles. The van der Waals surface area contributed by atoms with Crippen molar-refractivity contribution in [2.24, 2.45) is 0 Å². The molecular formula is C22H24N8O. The summed E-state index contributed by atoms with van der Waals surface area (Å²) in [6.45, 7) is 7.13. The Hall–Kier alpha value is -3.88. The quantitative estimate of drug-likeness (QED) is 0.524. The minimum Gasteiger partial charge on any atom is -0.508 e. The number of nitrogens with zero attached hydrogens (tertiary/aromatic N) is 7. The highest BCUT2D eigenvalue weighted by Gasteiger charge is 2.22. The number of anilines is 3. The molecule has 0 radical (unpaired) electrons. The molecule has 1 aliphatic heterocycles. The van der Waals surface area contributed by atoms with Gasteiger partial charge >= 0.3 is 0 Å². The van der Waals surface area contributed by atoms with E-state index in [-0.39, 0.29) is 5.75 Å². The predicted molar refractivity (Wildman–Crippen MR) is 121 cm³/mol. The van der Waals surface area contributed by atoms with Gasteiger partial charge in [0.2, 0.25) is 5.95 Å². The predicted octanol–water partition coefficient (Wildman–Crippen LogP) is 2.44. The van der Waals surface area contributed by atoms with Gasteiger partial charge in [-0.05, 0) is 50.2 Å². The lowest BCUT2D eigenvalue weighted by Gasteiger charge is -2.36. The molecule has 3 aromatic heterocycles. The van der Waals surface area contributed by atoms with Gasteiger partial charge in [0.25, 0.3) is 0 Å². The molecule has 3 N–H and O–H groups in total. The lowest BCUT2D eigenvalue weighted by molar-refractivity contribution is 0.475. The van der Waals surface area contributed by atoms with Crippen molar-refractivity contribution in [2.45, 2.75) is 13.8 Å². The van der Waals surface area contributed by atoms with Crippen LogP contribution in [0, 0.1) is 13.8 Å². The maximum atomic E-state index is 9.51. The molecule has 1 saturated heterocycles. The molecular weight excluding hydrogens is 392 g/mol. The average molecular weight is 416 g/mol. The van der Waals surface area contributed by atoms with E-state index in [1.54, 1.807) is 18.5 Å². The van der Waals surface area contributed by atoms with Crippen molar-refractivity contribution in [3.8, 4) is 11.4 Å². The summed E-state index contributed by atoms with van der Waals surface area (Å²) < 4.78 is 1.92. The van der Waals surface area contributed by atoms with Gasteiger partial charge in [-0.1, -0.05) is 0 Å². The summed E-state index contributed by atoms with van der Waals surface area (Å²) in [5.74, 6) is 1.25. The van der Waals surface area contributed by atoms with Crippen LogP contribution in [0.2, 0.25) is 0 Å². The van der Waals surface area contributed by atoms with Gasteiger partial charge in [0.05, 0.1) is 11.4 Å². The molecule has 5 rings (SSSR count). The first-order valence-corrected chi connectivity index (χ1v) is 10.2. The van der Waals surface area contributed by atoms with Crippen LogP contribution in [-0.2, 0) is 0 Å². The number of pyridine rings is 1. The molecule has 9 heteroatoms. The Morgan fingerprint density at radius 2 is 1.58 bits per heavy atom. The number of imidazole rings is 1. The Morgan fingerprint density at radius 1 is 0.871 bits per heavy atom. The zero-order chi connectivity index (χ0) is 21.5. The van der Waals surface area contributed by atoms with Crippen molar-refractivity contribution < 1.29 is 5.11 Å². The maximum absolute atomic E-state index is 9.51. The first kappa shape index (κ1) is 19.1. The Labute approximate surface area is 179 Å². The molecule has 0 atom stereocenters. The largest absolute Gasteiger partial charge is 0.508 e. The lowest BCUT2D eigenvalue weighted by atomic mass is 10.2. The molecule has 0 aliphatic carbocycles. The highest BCUT2D eigenvalue weighted by atomic mass is 16.3. The molecule has 0 bridgehead atoms. The first-order chi connectivity index (χ1) is 15.0. The third kappa shape index (κ3) is 3.48. The van der Waals surface area contributed by atoms with Crippen molar-refractivity contribution in [3.05, 3.63) is 54.1 Å². The summed E-state index contributed by atoms with van der Waals surface area (Å²) >= 11 is 0. The Bertz CT molecular complexity index is 1240. The third-order valence-electron chi connectivity index (χ3n) is 5.65. The first-order valence-electron chi connectivity index (χ1n) is 10.2. The summed E-state index contributed by atoms with van der Waals surface area (Å²) in [6.07, 6.45) is 1.72. The van der Waals surface area contributed by atoms with Gasteiger partial charge < -0.3 is 20.6 Å². The van der Waals surface area contributed by atoms with Crippen molar-refractivity contribution >= 4 is 28.6 Å². The standard InChI is InChI=1S/C22H24N8O/c1-14-3-8-18(15(2)25-14)30-13-24-19-20(23)26-22(27-21(19)30)29-11-9-28(10-12-29)16-4-6-17(31)7-5-16/h3-8,13,31H,9-12H2,1-2H3,(H2,23,26,27). The van der Waals surface area contributed by atoms with E-state index in [4.69, 9.17) is 10.7 Å². The lowest BCUT2D eigenvalue weighted by Crippen LogP contribution is -2.47. The number of hydrogen-bond acceptors (Lipinski definition) is 8. The zero-order valence-electron chi connectivity index (χ0n) is 17.5. The second-order valence-corrected chi connectivity index (χ2v) is 7.74. The third-order valence-corrected chi connectivity index (χ3v) is 5.65. The van der Waals surface area contributed by atoms with Crippen LogP contribution in [0.25, 0.3) is 16.9 Å². The normalized spacial score (nSPS) is 14.4. The summed E-state index contributed by atoms with van der Waals surface area (Å²) in [5.41, 5.74) is 11.4. The van der Waals surface area contributed by atoms with E-state index < -0.39 is 0 Å². The second kappa shape index (κ2) is 7.42. The number of aromatic nitrogens is 5. The van der Waals surface area contributed by atoms with Crippen LogP contribution < -0.4 is 15.5 Å². The number of nitrogen functional groups attached to an aromatic ring is 1. The fourth-order valence-electron chi connectivity index (χ4n) is 3.99. The molecule has 4 heterocycles. The van der Waals surface area contributed by atoms with Crippen molar-refractivity contribution in [2.75, 3.05) is 41.7 Å². The zero-order valence-corrected chi connectivity index (χ0v) is 17.5. The van der Waals surface area contributed by atoms with Gasteiger partial charge in [-0.3, -0.25) is 9.55 Å². The molecule has 1 fully saturated rings. The van der Waals surface area contributed by atoms with E-state index in [1.165, 1.54) is 0 Å². The van der Waals surface area contributed by atoms with E-state index in [1.807, 2.05) is 42.7 Å². The molecule has 0 spiro atoms. The highest BCUT2D eigenvalue weighted by Crippen LogP contribution is 2.26. The van der Waals surface area contributed by atoms with Crippen LogP contribution >= 0.6 is 0 Å². The second-order valence-electron chi connectivity index (χ2n) is 7.74. The number of piperazine rings is 1. The van der Waals surface area contributed by atoms with Gasteiger partial charge in [0, 0.05) is 37.6 Å². The Morgan fingerprint density at radius 3 is 2.29 bits per heavy atom. The number of hydrogen-bond donors (Lipinski definition) is 2. The fraction of sp³-hybridized carbons (Fsp3) is 0.273. The van der Waals surface area contributed by atoms with Gasteiger partial charge in [-0.2, -0.15) is 9.97 Å². The number of fused-ring (bicyclic) bond motifs is 1. The Kier molecular flexibility index (Phi) is 4.58. The summed E-state index contributed by atoms with van der Waals surface area (Å²) in [6, 6.07) is 11.3. The molecule has 0 unspecified atom stereocenters. The van der Waals surface area contributed by atoms with E-state index >= 15 is 0 Å². The number of phenolic OH excluding ortho intramolecular Hbond substituents is 1. The van der Waals surface area contributed by atoms with Crippen LogP contribution in [0.4, 0.5) is 17.5 Å². The molecule has 1 aromatic carbocycles. The maximum Gasteiger partial charge on any atom is 0.229 e. The van der Waals surface area contributed by atoms with E-state index in [0.717, 1.165) is 48.9 Å². The number of phenols is 1. The molecule has 31 heavy (non-hydrogen) atoms. The summed E-state index contributed by atoms with van der Waals surface area (Å²) in [5, 5.41) is 9.51. The monoisotopic (exact) mass is 416 g/mol. The summed E-state index contributed by atoms with van der Waals surface area (Å²) in [4.78, 5) is 22.8. The van der Waals surface area contributed by atoms with Crippen LogP contribution in [0.3, 0.4) is 0 Å². The van der Waals surface area contributed by atoms with Crippen molar-refractivity contribution in [1.82, 2.24) is 24.5 Å². The van der Waals surface area contributed by atoms with Crippen molar-refractivity contribution in [1.29, 1.82) is 0 Å². The van der Waals surface area contributed by atoms with Crippen LogP contribution in [0.5, 0.6) is 5.75 Å². The minimum atomic E-state index is 0.273. The smallest absolute Gasteiger partial charge is 0.229 e. The number of nitrogens with two attached hydrogens (primary N) is 1. The molecule has 4 aromatic rings. The van der Waals surface area contributed by atoms with Gasteiger partial charge in [0.15, 0.2) is 17.0 Å². The number of aryl methyl sites for hydroxylation is 2. The molecule has 158 valence electrons. The van der Waals surface area contributed by atoms with Crippen LogP contribution in [0.15, 0.2) is 42.7 Å². The molecule has 0 amide bonds. The van der Waals surface area contributed by atoms with Gasteiger partial charge in [0.1, 0.15) is 12.1 Å². The van der Waals surface area contributed by atoms with E-state index in [2.05, 4.69) is 24.8 Å². The summed E-state index contributed by atoms with van der Waals surface area (Å²) in [7, 11) is 0. The average Bonchev–Trinajstić information content (AvgIpc) is 3.19. The highest BCUT2D eigenvalue weighted by molar-refractivity contribution is 5.84. The topological polar surface area (TPSA) is 109 Å². The fourth-order valence-corrected chi connectivity index (χ4v) is 3.99. The van der Waals surface area contributed by atoms with Crippen LogP contribution in [-0.4, -0.2) is 55.8 Å². The number of aromatic hydroxyl groups is 1. The molecule has 1 aliphatic rings. The Balaban J connectivity index is 1.44. The SMILES string of the molecule is Cc1ccc(-n2cnc3c(N)nc(N4CCN(c5ccc(O)cc5)CC4)nc32)c(C)n1. The van der Waals surface area contributed by atoms with E-state index in [9.17, 15) is 5.11 Å². The van der Waals surface area contributed by atoms with Gasteiger partial charge in [-0.25, -0.2) is 4.98 Å². The van der Waals surface area contributed by atoms with Crippen molar-refractivity contribution in [3.63, 3.8) is 0 Å². The minimum absolute atomic E-state index is 0.273.